The third-order valence-corrected chi connectivity index (χ3v) is 3.82. The van der Waals surface area contributed by atoms with Crippen molar-refractivity contribution in [1.29, 1.82) is 0 Å². The van der Waals surface area contributed by atoms with Crippen LogP contribution in [0.3, 0.4) is 0 Å². The van der Waals surface area contributed by atoms with Gasteiger partial charge in [-0.25, -0.2) is 0 Å². The van der Waals surface area contributed by atoms with Crippen LogP contribution in [0.5, 0.6) is 0 Å². The Labute approximate surface area is 87.3 Å². The number of hydrogen-bond donors (Lipinski definition) is 0. The van der Waals surface area contributed by atoms with Gasteiger partial charge in [-0.15, -0.1) is 0 Å². The summed E-state index contributed by atoms with van der Waals surface area (Å²) >= 11 is 0. The van der Waals surface area contributed by atoms with Crippen LogP contribution in [0.25, 0.3) is 0 Å². The van der Waals surface area contributed by atoms with E-state index in [1.807, 2.05) is 0 Å². The van der Waals surface area contributed by atoms with Gasteiger partial charge in [0.15, 0.2) is 0 Å². The molecule has 0 nitrogen and oxygen atoms in total. The first kappa shape index (κ1) is 9.64. The molecule has 0 heteroatoms. The van der Waals surface area contributed by atoms with Crippen LogP contribution in [0.15, 0.2) is 6.07 Å². The molecule has 0 fully saturated rings. The lowest BCUT2D eigenvalue weighted by Crippen LogP contribution is -2.01. The first-order valence-corrected chi connectivity index (χ1v) is 5.46. The zero-order chi connectivity index (χ0) is 10.5. The van der Waals surface area contributed by atoms with E-state index in [2.05, 4.69) is 40.7 Å². The summed E-state index contributed by atoms with van der Waals surface area (Å²) in [4.78, 5) is 0. The SMILES string of the molecule is Cc1cc(C)c2c(c1C)[C+](C)C(C)C2. The van der Waals surface area contributed by atoms with Crippen molar-refractivity contribution in [2.75, 3.05) is 0 Å². The topological polar surface area (TPSA) is 0 Å². The summed E-state index contributed by atoms with van der Waals surface area (Å²) in [7, 11) is 0. The third kappa shape index (κ3) is 1.17. The van der Waals surface area contributed by atoms with Crippen molar-refractivity contribution in [3.05, 3.63) is 39.8 Å². The molecule has 0 saturated carbocycles. The third-order valence-electron chi connectivity index (χ3n) is 3.82. The van der Waals surface area contributed by atoms with E-state index < -0.39 is 0 Å². The summed E-state index contributed by atoms with van der Waals surface area (Å²) in [5.41, 5.74) is 7.57. The molecule has 14 heavy (non-hydrogen) atoms. The molecule has 0 radical (unpaired) electrons. The molecule has 2 rings (SSSR count). The second-order valence-corrected chi connectivity index (χ2v) is 4.78. The standard InChI is InChI=1S/C14H19/c1-8-6-10(3)13-7-9(2)12(5)14(13)11(8)4/h6,9H,7H2,1-5H3/q+1. The molecule has 0 amide bonds. The molecule has 1 aromatic carbocycles. The number of fused-ring (bicyclic) bond motifs is 1. The minimum absolute atomic E-state index is 0.740. The summed E-state index contributed by atoms with van der Waals surface area (Å²) in [6, 6.07) is 2.33. The monoisotopic (exact) mass is 187 g/mol. The Morgan fingerprint density at radius 2 is 1.86 bits per heavy atom. The summed E-state index contributed by atoms with van der Waals surface area (Å²) in [6.45, 7) is 11.4. The van der Waals surface area contributed by atoms with E-state index >= 15 is 0 Å². The van der Waals surface area contributed by atoms with Gasteiger partial charge in [0, 0.05) is 43.2 Å². The highest BCUT2D eigenvalue weighted by atomic mass is 14.3. The molecular weight excluding hydrogens is 168 g/mol. The molecule has 0 saturated heterocycles. The first-order valence-electron chi connectivity index (χ1n) is 5.46. The van der Waals surface area contributed by atoms with Crippen molar-refractivity contribution in [3.63, 3.8) is 0 Å². The minimum Gasteiger partial charge on any atom is -0.0455 e. The maximum Gasteiger partial charge on any atom is 0.138 e. The zero-order valence-corrected chi connectivity index (χ0v) is 9.86. The Morgan fingerprint density at radius 3 is 2.50 bits per heavy atom. The smallest absolute Gasteiger partial charge is 0.0455 e. The van der Waals surface area contributed by atoms with Gasteiger partial charge in [0.1, 0.15) is 5.56 Å². The molecule has 1 atom stereocenters. The Bertz CT molecular complexity index is 374. The summed E-state index contributed by atoms with van der Waals surface area (Å²) in [5, 5.41) is 0. The minimum atomic E-state index is 0.740. The molecule has 1 aliphatic rings. The Kier molecular flexibility index (Phi) is 2.10. The van der Waals surface area contributed by atoms with Crippen molar-refractivity contribution in [1.82, 2.24) is 0 Å². The van der Waals surface area contributed by atoms with Gasteiger partial charge in [0.05, 0.1) is 11.1 Å². The number of hydrogen-bond acceptors (Lipinski definition) is 0. The fourth-order valence-corrected chi connectivity index (χ4v) is 2.64. The van der Waals surface area contributed by atoms with Crippen molar-refractivity contribution in [2.45, 2.75) is 41.0 Å². The fraction of sp³-hybridized carbons (Fsp3) is 0.500. The first-order chi connectivity index (χ1) is 6.52. The second-order valence-electron chi connectivity index (χ2n) is 4.78. The van der Waals surface area contributed by atoms with E-state index in [0.29, 0.717) is 0 Å². The van der Waals surface area contributed by atoms with Gasteiger partial charge in [-0.05, 0) is 26.8 Å². The Hall–Kier alpha value is -0.910. The van der Waals surface area contributed by atoms with Crippen LogP contribution in [0.1, 0.15) is 41.7 Å². The molecule has 0 spiro atoms. The van der Waals surface area contributed by atoms with E-state index in [9.17, 15) is 0 Å². The largest absolute Gasteiger partial charge is 0.138 e. The van der Waals surface area contributed by atoms with E-state index in [-0.39, 0.29) is 0 Å². The van der Waals surface area contributed by atoms with Gasteiger partial charge in [-0.1, -0.05) is 0 Å². The second kappa shape index (κ2) is 3.05. The molecule has 1 aliphatic carbocycles. The number of rotatable bonds is 0. The van der Waals surface area contributed by atoms with Crippen molar-refractivity contribution in [3.8, 4) is 0 Å². The van der Waals surface area contributed by atoms with Crippen LogP contribution >= 0.6 is 0 Å². The van der Waals surface area contributed by atoms with Crippen molar-refractivity contribution < 1.29 is 0 Å². The molecular formula is C14H19+. The Morgan fingerprint density at radius 1 is 1.21 bits per heavy atom. The highest BCUT2D eigenvalue weighted by molar-refractivity contribution is 5.55. The van der Waals surface area contributed by atoms with E-state index in [0.717, 1.165) is 5.92 Å². The predicted octanol–water partition coefficient (Wildman–Crippen LogP) is 3.75. The van der Waals surface area contributed by atoms with Gasteiger partial charge in [0.25, 0.3) is 0 Å². The van der Waals surface area contributed by atoms with Crippen molar-refractivity contribution >= 4 is 0 Å². The molecule has 0 aliphatic heterocycles. The van der Waals surface area contributed by atoms with Crippen molar-refractivity contribution in [2.24, 2.45) is 5.92 Å². The molecule has 0 bridgehead atoms. The highest BCUT2D eigenvalue weighted by Gasteiger charge is 2.37. The molecule has 1 unspecified atom stereocenters. The van der Waals surface area contributed by atoms with Gasteiger partial charge < -0.3 is 0 Å². The highest BCUT2D eigenvalue weighted by Crippen LogP contribution is 2.40. The van der Waals surface area contributed by atoms with Crippen LogP contribution in [0.4, 0.5) is 0 Å². The van der Waals surface area contributed by atoms with Crippen LogP contribution < -0.4 is 0 Å². The van der Waals surface area contributed by atoms with Crippen LogP contribution in [-0.2, 0) is 6.42 Å². The number of aryl methyl sites for hydroxylation is 2. The van der Waals surface area contributed by atoms with Crippen LogP contribution in [-0.4, -0.2) is 0 Å². The molecule has 0 heterocycles. The average molecular weight is 187 g/mol. The van der Waals surface area contributed by atoms with E-state index in [1.165, 1.54) is 23.1 Å². The normalized spacial score (nSPS) is 20.1. The molecule has 0 aromatic heterocycles. The van der Waals surface area contributed by atoms with Gasteiger partial charge in [-0.3, -0.25) is 0 Å². The van der Waals surface area contributed by atoms with Gasteiger partial charge >= 0.3 is 0 Å². The van der Waals surface area contributed by atoms with Gasteiger partial charge in [-0.2, -0.15) is 0 Å². The Balaban J connectivity index is 2.67. The zero-order valence-electron chi connectivity index (χ0n) is 9.86. The maximum absolute atomic E-state index is 2.34. The van der Waals surface area contributed by atoms with E-state index in [4.69, 9.17) is 0 Å². The number of benzene rings is 1. The van der Waals surface area contributed by atoms with E-state index in [1.54, 1.807) is 17.0 Å². The van der Waals surface area contributed by atoms with Crippen LogP contribution in [0.2, 0.25) is 0 Å². The average Bonchev–Trinajstić information content (AvgIpc) is 2.41. The predicted molar refractivity (Wildman–Crippen MR) is 61.5 cm³/mol. The maximum atomic E-state index is 2.34. The summed E-state index contributed by atoms with van der Waals surface area (Å²) < 4.78 is 0. The molecule has 0 N–H and O–H groups in total. The molecule has 1 aromatic rings. The summed E-state index contributed by atoms with van der Waals surface area (Å²) in [5.74, 6) is 2.33. The molecule has 74 valence electrons. The fourth-order valence-electron chi connectivity index (χ4n) is 2.64. The summed E-state index contributed by atoms with van der Waals surface area (Å²) in [6.07, 6.45) is 1.24. The van der Waals surface area contributed by atoms with Crippen LogP contribution in [0, 0.1) is 32.6 Å². The van der Waals surface area contributed by atoms with Gasteiger partial charge in [0.2, 0.25) is 0 Å². The lowest BCUT2D eigenvalue weighted by atomic mass is 9.90. The lowest BCUT2D eigenvalue weighted by molar-refractivity contribution is 0.662. The lowest BCUT2D eigenvalue weighted by Gasteiger charge is -2.06. The quantitative estimate of drug-likeness (QED) is 0.543.